The molecule has 0 bridgehead atoms. The van der Waals surface area contributed by atoms with E-state index in [1.54, 1.807) is 0 Å². The van der Waals surface area contributed by atoms with Crippen LogP contribution in [0.15, 0.2) is 18.5 Å². The number of rotatable bonds is 5. The molecule has 8 nitrogen and oxygen atoms in total. The van der Waals surface area contributed by atoms with Gasteiger partial charge in [0.05, 0.1) is 18.9 Å². The fourth-order valence-corrected chi connectivity index (χ4v) is 3.92. The van der Waals surface area contributed by atoms with E-state index in [1.807, 2.05) is 24.0 Å². The fourth-order valence-electron chi connectivity index (χ4n) is 3.92. The van der Waals surface area contributed by atoms with Gasteiger partial charge in [0.25, 0.3) is 0 Å². The van der Waals surface area contributed by atoms with Gasteiger partial charge in [-0.2, -0.15) is 10.1 Å². The van der Waals surface area contributed by atoms with E-state index in [2.05, 4.69) is 38.3 Å². The van der Waals surface area contributed by atoms with Crippen LogP contribution in [-0.4, -0.2) is 70.1 Å². The predicted octanol–water partition coefficient (Wildman–Crippen LogP) is 1.43. The molecule has 27 heavy (non-hydrogen) atoms. The standard InChI is InChI=1S/C19H29N7O/c1-15-16(12-24(2)23-15)13-25-7-3-4-17(14-25)21-18-5-6-20-19(22-18)26-8-10-27-11-9-26/h5-6,12,17H,3-4,7-11,13-14H2,1-2H3,(H,20,21,22). The van der Waals surface area contributed by atoms with E-state index >= 15 is 0 Å². The number of ether oxygens (including phenoxy) is 1. The van der Waals surface area contributed by atoms with Crippen LogP contribution in [0.3, 0.4) is 0 Å². The molecular weight excluding hydrogens is 342 g/mol. The monoisotopic (exact) mass is 371 g/mol. The Balaban J connectivity index is 1.37. The summed E-state index contributed by atoms with van der Waals surface area (Å²) in [4.78, 5) is 13.9. The maximum absolute atomic E-state index is 5.42. The Morgan fingerprint density at radius 3 is 2.89 bits per heavy atom. The number of aromatic nitrogens is 4. The molecule has 2 aromatic heterocycles. The van der Waals surface area contributed by atoms with Crippen LogP contribution in [-0.2, 0) is 18.3 Å². The molecule has 0 amide bonds. The lowest BCUT2D eigenvalue weighted by atomic mass is 10.0. The minimum absolute atomic E-state index is 0.406. The molecule has 0 saturated carbocycles. The summed E-state index contributed by atoms with van der Waals surface area (Å²) in [7, 11) is 1.98. The molecular formula is C19H29N7O. The van der Waals surface area contributed by atoms with E-state index in [-0.39, 0.29) is 0 Å². The lowest BCUT2D eigenvalue weighted by Gasteiger charge is -2.33. The molecule has 0 aromatic carbocycles. The van der Waals surface area contributed by atoms with Gasteiger partial charge in [0.15, 0.2) is 0 Å². The predicted molar refractivity (Wildman–Crippen MR) is 105 cm³/mol. The summed E-state index contributed by atoms with van der Waals surface area (Å²) in [5.74, 6) is 1.71. The van der Waals surface area contributed by atoms with Crippen LogP contribution >= 0.6 is 0 Å². The fraction of sp³-hybridized carbons (Fsp3) is 0.632. The second-order valence-electron chi connectivity index (χ2n) is 7.47. The molecule has 8 heteroatoms. The lowest BCUT2D eigenvalue weighted by Crippen LogP contribution is -2.42. The first-order valence-corrected chi connectivity index (χ1v) is 9.81. The smallest absolute Gasteiger partial charge is 0.227 e. The molecule has 1 unspecified atom stereocenters. The third-order valence-corrected chi connectivity index (χ3v) is 5.30. The van der Waals surface area contributed by atoms with E-state index in [1.165, 1.54) is 18.4 Å². The summed E-state index contributed by atoms with van der Waals surface area (Å²) in [6.07, 6.45) is 6.34. The summed E-state index contributed by atoms with van der Waals surface area (Å²) in [5.41, 5.74) is 2.44. The maximum Gasteiger partial charge on any atom is 0.227 e. The molecule has 0 spiro atoms. The number of likely N-dealkylation sites (tertiary alicyclic amines) is 1. The highest BCUT2D eigenvalue weighted by molar-refractivity contribution is 5.42. The molecule has 4 heterocycles. The number of aryl methyl sites for hydroxylation is 2. The van der Waals surface area contributed by atoms with Crippen LogP contribution in [0, 0.1) is 6.92 Å². The zero-order chi connectivity index (χ0) is 18.6. The van der Waals surface area contributed by atoms with Crippen LogP contribution in [0.1, 0.15) is 24.1 Å². The number of anilines is 2. The Hall–Kier alpha value is -2.19. The van der Waals surface area contributed by atoms with Crippen molar-refractivity contribution in [2.75, 3.05) is 49.6 Å². The summed E-state index contributed by atoms with van der Waals surface area (Å²) in [5, 5.41) is 8.09. The van der Waals surface area contributed by atoms with Crippen molar-refractivity contribution >= 4 is 11.8 Å². The topological polar surface area (TPSA) is 71.3 Å². The number of hydrogen-bond acceptors (Lipinski definition) is 7. The van der Waals surface area contributed by atoms with Crippen LogP contribution < -0.4 is 10.2 Å². The third-order valence-electron chi connectivity index (χ3n) is 5.30. The van der Waals surface area contributed by atoms with Gasteiger partial charge >= 0.3 is 0 Å². The van der Waals surface area contributed by atoms with Gasteiger partial charge in [-0.25, -0.2) is 4.98 Å². The third kappa shape index (κ3) is 4.56. The Bertz CT molecular complexity index is 756. The molecule has 2 fully saturated rings. The van der Waals surface area contributed by atoms with Crippen molar-refractivity contribution in [1.29, 1.82) is 0 Å². The van der Waals surface area contributed by atoms with Gasteiger partial charge in [-0.15, -0.1) is 0 Å². The molecule has 4 rings (SSSR count). The second kappa shape index (κ2) is 8.22. The summed E-state index contributed by atoms with van der Waals surface area (Å²) < 4.78 is 7.32. The van der Waals surface area contributed by atoms with Gasteiger partial charge in [0, 0.05) is 57.2 Å². The Morgan fingerprint density at radius 2 is 2.11 bits per heavy atom. The number of hydrogen-bond donors (Lipinski definition) is 1. The zero-order valence-electron chi connectivity index (χ0n) is 16.3. The van der Waals surface area contributed by atoms with Crippen molar-refractivity contribution in [1.82, 2.24) is 24.6 Å². The summed E-state index contributed by atoms with van der Waals surface area (Å²) in [6, 6.07) is 2.37. The first-order valence-electron chi connectivity index (χ1n) is 9.81. The summed E-state index contributed by atoms with van der Waals surface area (Å²) in [6.45, 7) is 8.39. The van der Waals surface area contributed by atoms with Crippen LogP contribution in [0.5, 0.6) is 0 Å². The largest absolute Gasteiger partial charge is 0.378 e. The number of nitrogens with one attached hydrogen (secondary N) is 1. The van der Waals surface area contributed by atoms with Gasteiger partial charge in [0.2, 0.25) is 5.95 Å². The van der Waals surface area contributed by atoms with Gasteiger partial charge in [-0.3, -0.25) is 9.58 Å². The molecule has 2 aliphatic rings. The molecule has 2 saturated heterocycles. The second-order valence-corrected chi connectivity index (χ2v) is 7.47. The van der Waals surface area contributed by atoms with E-state index in [0.717, 1.165) is 63.4 Å². The SMILES string of the molecule is Cc1nn(C)cc1CN1CCCC(Nc2ccnc(N3CCOCC3)n2)C1. The number of nitrogens with zero attached hydrogens (tertiary/aromatic N) is 6. The lowest BCUT2D eigenvalue weighted by molar-refractivity contribution is 0.122. The molecule has 146 valence electrons. The van der Waals surface area contributed by atoms with Gasteiger partial charge in [-0.1, -0.05) is 0 Å². The number of morpholine rings is 1. The Labute approximate surface area is 160 Å². The molecule has 0 radical (unpaired) electrons. The van der Waals surface area contributed by atoms with Gasteiger partial charge < -0.3 is 15.0 Å². The minimum Gasteiger partial charge on any atom is -0.378 e. The van der Waals surface area contributed by atoms with E-state index in [4.69, 9.17) is 9.72 Å². The summed E-state index contributed by atoms with van der Waals surface area (Å²) >= 11 is 0. The van der Waals surface area contributed by atoms with Crippen molar-refractivity contribution in [3.63, 3.8) is 0 Å². The maximum atomic E-state index is 5.42. The van der Waals surface area contributed by atoms with Crippen molar-refractivity contribution < 1.29 is 4.74 Å². The molecule has 1 N–H and O–H groups in total. The van der Waals surface area contributed by atoms with E-state index in [9.17, 15) is 0 Å². The van der Waals surface area contributed by atoms with Crippen LogP contribution in [0.25, 0.3) is 0 Å². The van der Waals surface area contributed by atoms with Gasteiger partial charge in [-0.05, 0) is 32.4 Å². The molecule has 0 aliphatic carbocycles. The van der Waals surface area contributed by atoms with Gasteiger partial charge in [0.1, 0.15) is 5.82 Å². The van der Waals surface area contributed by atoms with Crippen LogP contribution in [0.4, 0.5) is 11.8 Å². The van der Waals surface area contributed by atoms with Crippen molar-refractivity contribution in [2.45, 2.75) is 32.4 Å². The average Bonchev–Trinajstić information content (AvgIpc) is 3.00. The highest BCUT2D eigenvalue weighted by atomic mass is 16.5. The normalized spacial score (nSPS) is 21.4. The molecule has 1 atom stereocenters. The van der Waals surface area contributed by atoms with E-state index in [0.29, 0.717) is 6.04 Å². The average molecular weight is 371 g/mol. The Morgan fingerprint density at radius 1 is 1.26 bits per heavy atom. The van der Waals surface area contributed by atoms with Crippen molar-refractivity contribution in [3.05, 3.63) is 29.7 Å². The first-order chi connectivity index (χ1) is 13.2. The minimum atomic E-state index is 0.406. The zero-order valence-corrected chi connectivity index (χ0v) is 16.3. The Kier molecular flexibility index (Phi) is 5.54. The van der Waals surface area contributed by atoms with Crippen LogP contribution in [0.2, 0.25) is 0 Å². The van der Waals surface area contributed by atoms with Crippen molar-refractivity contribution in [3.8, 4) is 0 Å². The first kappa shape index (κ1) is 18.2. The quantitative estimate of drug-likeness (QED) is 0.852. The van der Waals surface area contributed by atoms with E-state index < -0.39 is 0 Å². The molecule has 2 aromatic rings. The molecule has 2 aliphatic heterocycles. The number of piperidine rings is 1. The highest BCUT2D eigenvalue weighted by Crippen LogP contribution is 2.19. The highest BCUT2D eigenvalue weighted by Gasteiger charge is 2.22. The van der Waals surface area contributed by atoms with Crippen molar-refractivity contribution in [2.24, 2.45) is 7.05 Å².